The van der Waals surface area contributed by atoms with Crippen LogP contribution in [-0.4, -0.2) is 19.6 Å². The van der Waals surface area contributed by atoms with Crippen molar-refractivity contribution >= 4 is 16.7 Å². The van der Waals surface area contributed by atoms with E-state index in [1.807, 2.05) is 0 Å². The zero-order valence-corrected chi connectivity index (χ0v) is 9.70. The molecule has 0 radical (unpaired) electrons. The van der Waals surface area contributed by atoms with E-state index in [-0.39, 0.29) is 5.56 Å². The van der Waals surface area contributed by atoms with Crippen LogP contribution in [0, 0.1) is 0 Å². The molecule has 6 nitrogen and oxygen atoms in total. The van der Waals surface area contributed by atoms with Gasteiger partial charge in [-0.05, 0) is 24.3 Å². The summed E-state index contributed by atoms with van der Waals surface area (Å²) in [6.07, 6.45) is 3.23. The third-order valence-electron chi connectivity index (χ3n) is 2.95. The van der Waals surface area contributed by atoms with Crippen molar-refractivity contribution in [1.29, 1.82) is 0 Å². The first-order valence-electron chi connectivity index (χ1n) is 5.73. The minimum atomic E-state index is -0.203. The number of fused-ring (bicyclic) bond motifs is 3. The van der Waals surface area contributed by atoms with Crippen LogP contribution in [0.25, 0.3) is 28.1 Å². The molecule has 0 aliphatic heterocycles. The normalized spacial score (nSPS) is 11.4. The molecule has 0 atom stereocenters. The average Bonchev–Trinajstić information content (AvgIpc) is 3.08. The molecule has 0 bridgehead atoms. The molecule has 4 rings (SSSR count). The highest BCUT2D eigenvalue weighted by atomic mass is 16.3. The van der Waals surface area contributed by atoms with Crippen LogP contribution in [0.3, 0.4) is 0 Å². The van der Waals surface area contributed by atoms with Gasteiger partial charge < -0.3 is 9.40 Å². The summed E-state index contributed by atoms with van der Waals surface area (Å²) < 4.78 is 6.83. The number of pyridine rings is 1. The quantitative estimate of drug-likeness (QED) is 0.560. The SMILES string of the molecule is O=c1[nH]c2cccnc2n2nc(-c3ccco3)cc12. The van der Waals surface area contributed by atoms with Gasteiger partial charge >= 0.3 is 0 Å². The Morgan fingerprint density at radius 2 is 2.21 bits per heavy atom. The maximum absolute atomic E-state index is 12.0. The molecule has 6 heteroatoms. The number of aromatic nitrogens is 4. The Morgan fingerprint density at radius 1 is 1.26 bits per heavy atom. The van der Waals surface area contributed by atoms with Gasteiger partial charge in [-0.15, -0.1) is 0 Å². The Bertz CT molecular complexity index is 934. The predicted molar refractivity (Wildman–Crippen MR) is 68.8 cm³/mol. The smallest absolute Gasteiger partial charge is 0.274 e. The summed E-state index contributed by atoms with van der Waals surface area (Å²) >= 11 is 0. The van der Waals surface area contributed by atoms with E-state index in [2.05, 4.69) is 15.1 Å². The number of furan rings is 1. The second-order valence-corrected chi connectivity index (χ2v) is 4.13. The second kappa shape index (κ2) is 3.55. The van der Waals surface area contributed by atoms with Crippen molar-refractivity contribution in [3.63, 3.8) is 0 Å². The molecule has 4 aromatic heterocycles. The van der Waals surface area contributed by atoms with Crippen molar-refractivity contribution in [2.45, 2.75) is 0 Å². The van der Waals surface area contributed by atoms with Crippen molar-refractivity contribution in [2.75, 3.05) is 0 Å². The van der Waals surface area contributed by atoms with Crippen LogP contribution in [0.5, 0.6) is 0 Å². The molecule has 0 saturated heterocycles. The highest BCUT2D eigenvalue weighted by molar-refractivity contribution is 5.75. The molecular weight excluding hydrogens is 244 g/mol. The fourth-order valence-electron chi connectivity index (χ4n) is 2.10. The van der Waals surface area contributed by atoms with Crippen molar-refractivity contribution in [3.05, 3.63) is 53.1 Å². The van der Waals surface area contributed by atoms with Crippen LogP contribution in [-0.2, 0) is 0 Å². The van der Waals surface area contributed by atoms with E-state index < -0.39 is 0 Å². The Kier molecular flexibility index (Phi) is 1.88. The van der Waals surface area contributed by atoms with Crippen molar-refractivity contribution in [2.24, 2.45) is 0 Å². The molecule has 19 heavy (non-hydrogen) atoms. The summed E-state index contributed by atoms with van der Waals surface area (Å²) in [5.41, 5.74) is 2.10. The maximum Gasteiger partial charge on any atom is 0.274 e. The summed E-state index contributed by atoms with van der Waals surface area (Å²) in [5, 5.41) is 4.38. The summed E-state index contributed by atoms with van der Waals surface area (Å²) in [5.74, 6) is 0.618. The van der Waals surface area contributed by atoms with Gasteiger partial charge in [-0.1, -0.05) is 0 Å². The summed E-state index contributed by atoms with van der Waals surface area (Å²) in [6, 6.07) is 8.82. The van der Waals surface area contributed by atoms with Gasteiger partial charge in [-0.25, -0.2) is 9.50 Å². The van der Waals surface area contributed by atoms with Gasteiger partial charge in [0.1, 0.15) is 11.2 Å². The largest absolute Gasteiger partial charge is 0.463 e. The lowest BCUT2D eigenvalue weighted by atomic mass is 10.3. The Hall–Kier alpha value is -2.89. The molecule has 0 saturated carbocycles. The molecule has 92 valence electrons. The van der Waals surface area contributed by atoms with E-state index in [0.717, 1.165) is 0 Å². The Morgan fingerprint density at radius 3 is 3.05 bits per heavy atom. The predicted octanol–water partition coefficient (Wildman–Crippen LogP) is 1.83. The van der Waals surface area contributed by atoms with Crippen LogP contribution < -0.4 is 5.56 Å². The van der Waals surface area contributed by atoms with E-state index in [4.69, 9.17) is 4.42 Å². The van der Waals surface area contributed by atoms with Crippen molar-refractivity contribution in [3.8, 4) is 11.5 Å². The molecular formula is C13H8N4O2. The van der Waals surface area contributed by atoms with Gasteiger partial charge in [-0.3, -0.25) is 4.79 Å². The molecule has 4 aromatic rings. The van der Waals surface area contributed by atoms with Crippen molar-refractivity contribution in [1.82, 2.24) is 19.6 Å². The average molecular weight is 252 g/mol. The van der Waals surface area contributed by atoms with Crippen LogP contribution in [0.4, 0.5) is 0 Å². The third-order valence-corrected chi connectivity index (χ3v) is 2.95. The monoisotopic (exact) mass is 252 g/mol. The van der Waals surface area contributed by atoms with E-state index in [9.17, 15) is 4.79 Å². The minimum absolute atomic E-state index is 0.203. The highest BCUT2D eigenvalue weighted by Gasteiger charge is 2.12. The maximum atomic E-state index is 12.0. The molecule has 0 unspecified atom stereocenters. The minimum Gasteiger partial charge on any atom is -0.463 e. The van der Waals surface area contributed by atoms with Crippen molar-refractivity contribution < 1.29 is 4.42 Å². The highest BCUT2D eigenvalue weighted by Crippen LogP contribution is 2.20. The standard InChI is InChI=1S/C13H8N4O2/c18-13-10-7-9(11-4-2-6-19-11)16-17(10)12-8(15-13)3-1-5-14-12/h1-7H,(H,15,18). The van der Waals surface area contributed by atoms with E-state index >= 15 is 0 Å². The number of rotatable bonds is 1. The molecule has 4 heterocycles. The Balaban J connectivity index is 2.16. The lowest BCUT2D eigenvalue weighted by molar-refractivity contribution is 0.579. The fourth-order valence-corrected chi connectivity index (χ4v) is 2.10. The Labute approximate surface area is 106 Å². The number of hydrogen-bond acceptors (Lipinski definition) is 4. The van der Waals surface area contributed by atoms with E-state index in [1.54, 1.807) is 42.8 Å². The summed E-state index contributed by atoms with van der Waals surface area (Å²) in [6.45, 7) is 0. The second-order valence-electron chi connectivity index (χ2n) is 4.13. The zero-order valence-electron chi connectivity index (χ0n) is 9.70. The molecule has 0 aliphatic rings. The number of nitrogens with one attached hydrogen (secondary N) is 1. The number of hydrogen-bond donors (Lipinski definition) is 1. The number of nitrogens with zero attached hydrogens (tertiary/aromatic N) is 3. The number of H-pyrrole nitrogens is 1. The molecule has 0 aromatic carbocycles. The lowest BCUT2D eigenvalue weighted by Crippen LogP contribution is -2.10. The third kappa shape index (κ3) is 1.40. The topological polar surface area (TPSA) is 76.2 Å². The first kappa shape index (κ1) is 10.1. The number of aromatic amines is 1. The van der Waals surface area contributed by atoms with Gasteiger partial charge in [0.2, 0.25) is 0 Å². The fraction of sp³-hybridized carbons (Fsp3) is 0. The first-order chi connectivity index (χ1) is 9.33. The first-order valence-corrected chi connectivity index (χ1v) is 5.73. The van der Waals surface area contributed by atoms with E-state index in [0.29, 0.717) is 28.1 Å². The van der Waals surface area contributed by atoms with Crippen LogP contribution in [0.2, 0.25) is 0 Å². The van der Waals surface area contributed by atoms with E-state index in [1.165, 1.54) is 4.52 Å². The van der Waals surface area contributed by atoms with Crippen LogP contribution >= 0.6 is 0 Å². The van der Waals surface area contributed by atoms with Gasteiger partial charge in [0.05, 0.1) is 11.8 Å². The zero-order chi connectivity index (χ0) is 12.8. The molecule has 0 spiro atoms. The lowest BCUT2D eigenvalue weighted by Gasteiger charge is -1.98. The molecule has 0 aliphatic carbocycles. The van der Waals surface area contributed by atoms with Gasteiger partial charge in [0.15, 0.2) is 11.4 Å². The van der Waals surface area contributed by atoms with Gasteiger partial charge in [0, 0.05) is 12.3 Å². The van der Waals surface area contributed by atoms with Crippen LogP contribution in [0.15, 0.2) is 52.0 Å². The van der Waals surface area contributed by atoms with Gasteiger partial charge in [0.25, 0.3) is 5.56 Å². The van der Waals surface area contributed by atoms with Gasteiger partial charge in [-0.2, -0.15) is 5.10 Å². The molecule has 0 amide bonds. The van der Waals surface area contributed by atoms with Crippen LogP contribution in [0.1, 0.15) is 0 Å². The summed E-state index contributed by atoms with van der Waals surface area (Å²) in [4.78, 5) is 19.0. The molecule has 0 fully saturated rings. The molecule has 1 N–H and O–H groups in total. The summed E-state index contributed by atoms with van der Waals surface area (Å²) in [7, 11) is 0.